The molecule has 0 aromatic heterocycles. The number of halogens is 1. The summed E-state index contributed by atoms with van der Waals surface area (Å²) in [5.41, 5.74) is 1.48. The van der Waals surface area contributed by atoms with Crippen LogP contribution in [0.1, 0.15) is 15.9 Å². The summed E-state index contributed by atoms with van der Waals surface area (Å²) in [7, 11) is 4.62. The van der Waals surface area contributed by atoms with Crippen molar-refractivity contribution < 1.29 is 19.0 Å². The lowest BCUT2D eigenvalue weighted by atomic mass is 10.1. The van der Waals surface area contributed by atoms with Gasteiger partial charge in [-0.3, -0.25) is 4.79 Å². The van der Waals surface area contributed by atoms with Crippen LogP contribution in [0.25, 0.3) is 0 Å². The van der Waals surface area contributed by atoms with E-state index in [0.29, 0.717) is 41.8 Å². The van der Waals surface area contributed by atoms with Gasteiger partial charge in [0.1, 0.15) is 0 Å². The Labute approximate surface area is 153 Å². The van der Waals surface area contributed by atoms with Gasteiger partial charge in [-0.15, -0.1) is 0 Å². The topological polar surface area (TPSA) is 48.0 Å². The lowest BCUT2D eigenvalue weighted by Gasteiger charge is -2.23. The van der Waals surface area contributed by atoms with Crippen LogP contribution in [0.2, 0.25) is 5.02 Å². The molecule has 0 atom stereocenters. The fourth-order valence-electron chi connectivity index (χ4n) is 2.48. The van der Waals surface area contributed by atoms with Crippen LogP contribution in [0.5, 0.6) is 11.5 Å². The molecule has 0 aliphatic rings. The number of nitrogens with zero attached hydrogens (tertiary/aromatic N) is 1. The molecule has 0 fully saturated rings. The normalized spacial score (nSPS) is 10.4. The van der Waals surface area contributed by atoms with E-state index < -0.39 is 0 Å². The number of rotatable bonds is 8. The molecule has 5 nitrogen and oxygen atoms in total. The largest absolute Gasteiger partial charge is 0.493 e. The van der Waals surface area contributed by atoms with Crippen molar-refractivity contribution in [2.45, 2.75) is 6.54 Å². The van der Waals surface area contributed by atoms with Crippen LogP contribution >= 0.6 is 11.6 Å². The van der Waals surface area contributed by atoms with Gasteiger partial charge in [-0.1, -0.05) is 41.9 Å². The standard InChI is InChI=1S/C19H22ClNO4/c1-23-10-9-21(13-14-7-5-4-6-8-14)19(22)15-11-16(20)18(25-3)17(12-15)24-2/h4-8,11-12H,9-10,13H2,1-3H3. The predicted molar refractivity (Wildman–Crippen MR) is 97.6 cm³/mol. The fourth-order valence-corrected chi connectivity index (χ4v) is 2.77. The van der Waals surface area contributed by atoms with Gasteiger partial charge in [0.05, 0.1) is 25.8 Å². The molecule has 25 heavy (non-hydrogen) atoms. The third-order valence-corrected chi connectivity index (χ3v) is 4.03. The molecule has 0 radical (unpaired) electrons. The third-order valence-electron chi connectivity index (χ3n) is 3.75. The molecule has 0 saturated carbocycles. The number of hydrogen-bond donors (Lipinski definition) is 0. The molecule has 0 N–H and O–H groups in total. The van der Waals surface area contributed by atoms with Crippen molar-refractivity contribution in [2.75, 3.05) is 34.5 Å². The second-order valence-corrected chi connectivity index (χ2v) is 5.81. The zero-order valence-electron chi connectivity index (χ0n) is 14.6. The van der Waals surface area contributed by atoms with Crippen molar-refractivity contribution >= 4 is 17.5 Å². The summed E-state index contributed by atoms with van der Waals surface area (Å²) >= 11 is 6.23. The van der Waals surface area contributed by atoms with Crippen LogP contribution in [0.4, 0.5) is 0 Å². The maximum Gasteiger partial charge on any atom is 0.254 e. The first kappa shape index (κ1) is 19.1. The Kier molecular flexibility index (Phi) is 7.10. The van der Waals surface area contributed by atoms with Crippen LogP contribution in [0.15, 0.2) is 42.5 Å². The average molecular weight is 364 g/mol. The van der Waals surface area contributed by atoms with Gasteiger partial charge in [0.25, 0.3) is 5.91 Å². The molecule has 0 aliphatic heterocycles. The van der Waals surface area contributed by atoms with Gasteiger partial charge in [0.15, 0.2) is 11.5 Å². The van der Waals surface area contributed by atoms with Gasteiger partial charge < -0.3 is 19.1 Å². The average Bonchev–Trinajstić information content (AvgIpc) is 2.64. The van der Waals surface area contributed by atoms with E-state index in [1.54, 1.807) is 24.1 Å². The van der Waals surface area contributed by atoms with E-state index in [4.69, 9.17) is 25.8 Å². The van der Waals surface area contributed by atoms with Crippen molar-refractivity contribution in [1.82, 2.24) is 4.90 Å². The third kappa shape index (κ3) is 4.87. The summed E-state index contributed by atoms with van der Waals surface area (Å²) in [5.74, 6) is 0.681. The minimum Gasteiger partial charge on any atom is -0.493 e. The van der Waals surface area contributed by atoms with Gasteiger partial charge in [0.2, 0.25) is 0 Å². The maximum absolute atomic E-state index is 13.0. The van der Waals surface area contributed by atoms with E-state index in [1.807, 2.05) is 30.3 Å². The zero-order valence-corrected chi connectivity index (χ0v) is 15.4. The summed E-state index contributed by atoms with van der Waals surface area (Å²) in [6, 6.07) is 13.0. The molecule has 0 unspecified atom stereocenters. The van der Waals surface area contributed by atoms with E-state index in [-0.39, 0.29) is 5.91 Å². The highest BCUT2D eigenvalue weighted by Gasteiger charge is 2.20. The number of benzene rings is 2. The van der Waals surface area contributed by atoms with Crippen LogP contribution in [-0.4, -0.2) is 45.3 Å². The lowest BCUT2D eigenvalue weighted by Crippen LogP contribution is -2.33. The highest BCUT2D eigenvalue weighted by atomic mass is 35.5. The van der Waals surface area contributed by atoms with Gasteiger partial charge >= 0.3 is 0 Å². The number of hydrogen-bond acceptors (Lipinski definition) is 4. The quantitative estimate of drug-likeness (QED) is 0.718. The first-order valence-corrected chi connectivity index (χ1v) is 8.22. The summed E-state index contributed by atoms with van der Waals surface area (Å²) < 4.78 is 15.6. The highest BCUT2D eigenvalue weighted by Crippen LogP contribution is 2.36. The minimum atomic E-state index is -0.149. The van der Waals surface area contributed by atoms with Crippen molar-refractivity contribution in [3.8, 4) is 11.5 Å². The van der Waals surface area contributed by atoms with Crippen LogP contribution in [0, 0.1) is 0 Å². The number of amides is 1. The Morgan fingerprint density at radius 2 is 1.80 bits per heavy atom. The molecule has 2 rings (SSSR count). The number of carbonyl (C=O) groups excluding carboxylic acids is 1. The number of ether oxygens (including phenoxy) is 3. The molecule has 0 aliphatic carbocycles. The van der Waals surface area contributed by atoms with Crippen molar-refractivity contribution in [1.29, 1.82) is 0 Å². The SMILES string of the molecule is COCCN(Cc1ccccc1)C(=O)c1cc(Cl)c(OC)c(OC)c1. The smallest absolute Gasteiger partial charge is 0.254 e. The fraction of sp³-hybridized carbons (Fsp3) is 0.316. The lowest BCUT2D eigenvalue weighted by molar-refractivity contribution is 0.0680. The van der Waals surface area contributed by atoms with Crippen LogP contribution in [0.3, 0.4) is 0 Å². The Morgan fingerprint density at radius 1 is 1.08 bits per heavy atom. The van der Waals surface area contributed by atoms with Gasteiger partial charge in [-0.2, -0.15) is 0 Å². The van der Waals surface area contributed by atoms with Gasteiger partial charge in [-0.05, 0) is 17.7 Å². The Morgan fingerprint density at radius 3 is 2.40 bits per heavy atom. The number of methoxy groups -OCH3 is 3. The summed E-state index contributed by atoms with van der Waals surface area (Å²) in [6.45, 7) is 1.39. The van der Waals surface area contributed by atoms with E-state index in [0.717, 1.165) is 5.56 Å². The monoisotopic (exact) mass is 363 g/mol. The Balaban J connectivity index is 2.30. The Hall–Kier alpha value is -2.24. The van der Waals surface area contributed by atoms with E-state index in [9.17, 15) is 4.79 Å². The molecule has 2 aromatic rings. The summed E-state index contributed by atoms with van der Waals surface area (Å²) in [4.78, 5) is 14.7. The van der Waals surface area contributed by atoms with Crippen LogP contribution in [-0.2, 0) is 11.3 Å². The molecule has 2 aromatic carbocycles. The molecular weight excluding hydrogens is 342 g/mol. The summed E-state index contributed by atoms with van der Waals surface area (Å²) in [5, 5.41) is 0.330. The number of carbonyl (C=O) groups is 1. The predicted octanol–water partition coefficient (Wildman–Crippen LogP) is 3.65. The zero-order chi connectivity index (χ0) is 18.2. The van der Waals surface area contributed by atoms with Gasteiger partial charge in [0, 0.05) is 25.8 Å². The van der Waals surface area contributed by atoms with Crippen LogP contribution < -0.4 is 9.47 Å². The van der Waals surface area contributed by atoms with E-state index in [1.165, 1.54) is 14.2 Å². The first-order chi connectivity index (χ1) is 12.1. The van der Waals surface area contributed by atoms with Crippen molar-refractivity contribution in [3.05, 3.63) is 58.6 Å². The van der Waals surface area contributed by atoms with E-state index in [2.05, 4.69) is 0 Å². The summed E-state index contributed by atoms with van der Waals surface area (Å²) in [6.07, 6.45) is 0. The minimum absolute atomic E-state index is 0.149. The Bertz CT molecular complexity index is 706. The van der Waals surface area contributed by atoms with Crippen molar-refractivity contribution in [3.63, 3.8) is 0 Å². The van der Waals surface area contributed by atoms with Crippen molar-refractivity contribution in [2.24, 2.45) is 0 Å². The second-order valence-electron chi connectivity index (χ2n) is 5.40. The maximum atomic E-state index is 13.0. The molecule has 134 valence electrons. The first-order valence-electron chi connectivity index (χ1n) is 7.84. The molecule has 6 heteroatoms. The molecule has 0 heterocycles. The molecule has 0 saturated heterocycles. The molecule has 1 amide bonds. The van der Waals surface area contributed by atoms with Gasteiger partial charge in [-0.25, -0.2) is 0 Å². The second kappa shape index (κ2) is 9.30. The molecular formula is C19H22ClNO4. The van der Waals surface area contributed by atoms with E-state index >= 15 is 0 Å². The molecule has 0 bridgehead atoms. The highest BCUT2D eigenvalue weighted by molar-refractivity contribution is 6.32. The molecule has 0 spiro atoms.